The fourth-order valence-electron chi connectivity index (χ4n) is 4.58. The van der Waals surface area contributed by atoms with Gasteiger partial charge in [0.25, 0.3) is 0 Å². The van der Waals surface area contributed by atoms with Crippen LogP contribution in [-0.2, 0) is 9.53 Å². The summed E-state index contributed by atoms with van der Waals surface area (Å²) in [7, 11) is 0. The second-order valence-electron chi connectivity index (χ2n) is 8.16. The Hall–Kier alpha value is -2.39. The third-order valence-electron chi connectivity index (χ3n) is 6.16. The molecule has 30 heavy (non-hydrogen) atoms. The number of rotatable bonds is 7. The van der Waals surface area contributed by atoms with Crippen LogP contribution in [0.5, 0.6) is 5.75 Å². The summed E-state index contributed by atoms with van der Waals surface area (Å²) in [6.45, 7) is 6.26. The Morgan fingerprint density at radius 2 is 2.27 bits per heavy atom. The molecule has 8 nitrogen and oxygen atoms in total. The van der Waals surface area contributed by atoms with Gasteiger partial charge in [0.1, 0.15) is 12.7 Å². The number of nitrogens with zero attached hydrogens (tertiary/aromatic N) is 2. The number of anilines is 1. The minimum absolute atomic E-state index is 0.179. The highest BCUT2D eigenvalue weighted by Gasteiger charge is 2.35. The average Bonchev–Trinajstić information content (AvgIpc) is 3.31. The molecule has 3 atom stereocenters. The van der Waals surface area contributed by atoms with E-state index in [4.69, 9.17) is 9.47 Å². The topological polar surface area (TPSA) is 83.1 Å². The molecule has 1 aromatic carbocycles. The van der Waals surface area contributed by atoms with Crippen molar-refractivity contribution < 1.29 is 23.5 Å². The van der Waals surface area contributed by atoms with Crippen molar-refractivity contribution in [1.29, 1.82) is 0 Å². The van der Waals surface area contributed by atoms with Crippen LogP contribution >= 0.6 is 0 Å². The Bertz CT molecular complexity index is 792. The van der Waals surface area contributed by atoms with Gasteiger partial charge in [-0.3, -0.25) is 14.6 Å². The van der Waals surface area contributed by atoms with Gasteiger partial charge in [-0.2, -0.15) is 0 Å². The Balaban J connectivity index is 1.29. The van der Waals surface area contributed by atoms with Crippen LogP contribution in [0.2, 0.25) is 0 Å². The van der Waals surface area contributed by atoms with Gasteiger partial charge in [-0.15, -0.1) is 0 Å². The van der Waals surface area contributed by atoms with Crippen LogP contribution in [0.25, 0.3) is 0 Å². The summed E-state index contributed by atoms with van der Waals surface area (Å²) < 4.78 is 25.5. The van der Waals surface area contributed by atoms with E-state index in [1.807, 2.05) is 0 Å². The molecule has 0 radical (unpaired) electrons. The summed E-state index contributed by atoms with van der Waals surface area (Å²) in [5, 5.41) is 6.07. The van der Waals surface area contributed by atoms with Gasteiger partial charge in [-0.25, -0.2) is 9.18 Å². The first kappa shape index (κ1) is 20.9. The number of halogens is 1. The summed E-state index contributed by atoms with van der Waals surface area (Å²) in [6.07, 6.45) is 1.44. The maximum absolute atomic E-state index is 14.6. The van der Waals surface area contributed by atoms with Crippen LogP contribution < -0.4 is 20.3 Å². The molecule has 0 saturated carbocycles. The Kier molecular flexibility index (Phi) is 6.38. The Morgan fingerprint density at radius 1 is 1.40 bits per heavy atom. The first-order valence-electron chi connectivity index (χ1n) is 10.6. The quantitative estimate of drug-likeness (QED) is 0.693. The number of hydrogen-bond acceptors (Lipinski definition) is 6. The molecule has 3 aliphatic rings. The molecule has 0 unspecified atom stereocenters. The second-order valence-corrected chi connectivity index (χ2v) is 8.16. The lowest BCUT2D eigenvalue weighted by molar-refractivity contribution is -0.119. The molecule has 0 aliphatic carbocycles. The molecule has 3 saturated heterocycles. The minimum atomic E-state index is -0.553. The van der Waals surface area contributed by atoms with E-state index in [1.54, 1.807) is 12.1 Å². The van der Waals surface area contributed by atoms with E-state index in [0.29, 0.717) is 18.3 Å². The molecular formula is C21H29FN4O4. The van der Waals surface area contributed by atoms with Crippen molar-refractivity contribution in [1.82, 2.24) is 15.5 Å². The van der Waals surface area contributed by atoms with Crippen LogP contribution in [0, 0.1) is 11.7 Å². The Labute approximate surface area is 175 Å². The molecule has 3 aliphatic heterocycles. The van der Waals surface area contributed by atoms with Crippen molar-refractivity contribution in [2.24, 2.45) is 5.92 Å². The normalized spacial score (nSPS) is 26.4. The van der Waals surface area contributed by atoms with E-state index in [1.165, 1.54) is 30.7 Å². The van der Waals surface area contributed by atoms with Crippen LogP contribution in [0.3, 0.4) is 0 Å². The highest BCUT2D eigenvalue weighted by molar-refractivity contribution is 5.89. The van der Waals surface area contributed by atoms with Gasteiger partial charge in [-0.05, 0) is 44.0 Å². The number of cyclic esters (lactones) is 1. The zero-order valence-electron chi connectivity index (χ0n) is 17.2. The maximum atomic E-state index is 14.6. The highest BCUT2D eigenvalue weighted by Crippen LogP contribution is 2.29. The van der Waals surface area contributed by atoms with E-state index in [2.05, 4.69) is 15.5 Å². The third kappa shape index (κ3) is 4.67. The lowest BCUT2D eigenvalue weighted by atomic mass is 9.93. The fourth-order valence-corrected chi connectivity index (χ4v) is 4.58. The summed E-state index contributed by atoms with van der Waals surface area (Å²) in [4.78, 5) is 26.9. The van der Waals surface area contributed by atoms with Gasteiger partial charge in [-0.1, -0.05) is 0 Å². The van der Waals surface area contributed by atoms with Crippen molar-refractivity contribution in [2.45, 2.75) is 31.9 Å². The number of piperidine rings is 1. The molecule has 3 fully saturated rings. The maximum Gasteiger partial charge on any atom is 0.414 e. The largest absolute Gasteiger partial charge is 0.489 e. The number of likely N-dealkylation sites (tertiary alicyclic amines) is 1. The molecule has 1 aromatic rings. The first-order chi connectivity index (χ1) is 14.5. The smallest absolute Gasteiger partial charge is 0.414 e. The molecule has 9 heteroatoms. The number of amides is 2. The van der Waals surface area contributed by atoms with Crippen molar-refractivity contribution in [3.8, 4) is 5.75 Å². The molecule has 164 valence electrons. The van der Waals surface area contributed by atoms with Crippen molar-refractivity contribution in [2.75, 3.05) is 50.8 Å². The molecule has 3 heterocycles. The number of nitrogens with one attached hydrogen (secondary N) is 2. The standard InChI is InChI=1S/C21H29FN4O4/c1-14(27)24-11-17-13-26(21(28)30-17)16-2-3-20(18(22)10-16)29-9-8-25-7-5-15-4-6-23-12-19(15)25/h2-3,10,15,17,19,23H,4-9,11-13H2,1H3,(H,24,27)/t15-,17+,19-/m1/s1. The average molecular weight is 420 g/mol. The number of carbonyl (C=O) groups is 2. The van der Waals surface area contributed by atoms with Crippen molar-refractivity contribution in [3.63, 3.8) is 0 Å². The van der Waals surface area contributed by atoms with Gasteiger partial charge in [0.05, 0.1) is 18.8 Å². The summed E-state index contributed by atoms with van der Waals surface area (Å²) >= 11 is 0. The third-order valence-corrected chi connectivity index (χ3v) is 6.16. The summed E-state index contributed by atoms with van der Waals surface area (Å²) in [5.74, 6) is 0.237. The Morgan fingerprint density at radius 3 is 3.07 bits per heavy atom. The fraction of sp³-hybridized carbons (Fsp3) is 0.619. The zero-order valence-corrected chi connectivity index (χ0v) is 17.2. The first-order valence-corrected chi connectivity index (χ1v) is 10.6. The van der Waals surface area contributed by atoms with Gasteiger partial charge in [0.2, 0.25) is 5.91 Å². The number of fused-ring (bicyclic) bond motifs is 1. The van der Waals surface area contributed by atoms with Gasteiger partial charge < -0.3 is 20.1 Å². The van der Waals surface area contributed by atoms with E-state index >= 15 is 0 Å². The monoisotopic (exact) mass is 420 g/mol. The SMILES string of the molecule is CC(=O)NC[C@H]1CN(c2ccc(OCCN3CC[C@H]4CCNC[C@H]43)c(F)c2)C(=O)O1. The number of carbonyl (C=O) groups excluding carboxylic acids is 2. The van der Waals surface area contributed by atoms with Crippen LogP contribution in [0.1, 0.15) is 19.8 Å². The lowest BCUT2D eigenvalue weighted by Gasteiger charge is -2.32. The molecule has 0 bridgehead atoms. The lowest BCUT2D eigenvalue weighted by Crippen LogP contribution is -2.46. The minimum Gasteiger partial charge on any atom is -0.489 e. The van der Waals surface area contributed by atoms with E-state index in [9.17, 15) is 14.0 Å². The van der Waals surface area contributed by atoms with E-state index in [0.717, 1.165) is 32.1 Å². The van der Waals surface area contributed by atoms with Gasteiger partial charge in [0.15, 0.2) is 11.6 Å². The predicted molar refractivity (Wildman–Crippen MR) is 109 cm³/mol. The number of ether oxygens (including phenoxy) is 2. The molecule has 2 N–H and O–H groups in total. The van der Waals surface area contributed by atoms with Crippen LogP contribution in [0.4, 0.5) is 14.9 Å². The number of benzene rings is 1. The van der Waals surface area contributed by atoms with E-state index < -0.39 is 18.0 Å². The van der Waals surface area contributed by atoms with E-state index in [-0.39, 0.29) is 24.7 Å². The highest BCUT2D eigenvalue weighted by atomic mass is 19.1. The molecule has 4 rings (SSSR count). The molecular weight excluding hydrogens is 391 g/mol. The molecule has 0 spiro atoms. The predicted octanol–water partition coefficient (Wildman–Crippen LogP) is 1.35. The van der Waals surface area contributed by atoms with Gasteiger partial charge >= 0.3 is 6.09 Å². The van der Waals surface area contributed by atoms with Crippen LogP contribution in [-0.4, -0.2) is 74.9 Å². The van der Waals surface area contributed by atoms with Crippen molar-refractivity contribution in [3.05, 3.63) is 24.0 Å². The summed E-state index contributed by atoms with van der Waals surface area (Å²) in [5.41, 5.74) is 0.408. The van der Waals surface area contributed by atoms with Gasteiger partial charge in [0, 0.05) is 32.1 Å². The molecule has 0 aromatic heterocycles. The molecule has 2 amide bonds. The summed E-state index contributed by atoms with van der Waals surface area (Å²) in [6, 6.07) is 5.04. The number of hydrogen-bond donors (Lipinski definition) is 2. The zero-order chi connectivity index (χ0) is 21.1. The second kappa shape index (κ2) is 9.18. The van der Waals surface area contributed by atoms with Crippen molar-refractivity contribution >= 4 is 17.7 Å². The van der Waals surface area contributed by atoms with Crippen LogP contribution in [0.15, 0.2) is 18.2 Å².